The molecule has 5 unspecified atom stereocenters. The Kier molecular flexibility index (Phi) is 1.40. The molecule has 3 rings (SSSR count). The number of terminal acetylenes is 1. The van der Waals surface area contributed by atoms with Crippen molar-refractivity contribution in [1.29, 1.82) is 0 Å². The molecule has 70 valence electrons. The molecular formula is C12H16O. The van der Waals surface area contributed by atoms with E-state index in [9.17, 15) is 5.11 Å². The summed E-state index contributed by atoms with van der Waals surface area (Å²) >= 11 is 0. The molecule has 0 radical (unpaired) electrons. The molecule has 0 aromatic heterocycles. The Bertz CT molecular complexity index is 277. The monoisotopic (exact) mass is 176 g/mol. The van der Waals surface area contributed by atoms with Gasteiger partial charge in [-0.05, 0) is 43.4 Å². The van der Waals surface area contributed by atoms with E-state index in [0.29, 0.717) is 5.92 Å². The highest BCUT2D eigenvalue weighted by molar-refractivity contribution is 5.21. The van der Waals surface area contributed by atoms with Gasteiger partial charge in [0.1, 0.15) is 5.60 Å². The molecule has 3 aliphatic carbocycles. The van der Waals surface area contributed by atoms with Crippen LogP contribution in [0.15, 0.2) is 0 Å². The smallest absolute Gasteiger partial charge is 0.128 e. The molecular weight excluding hydrogens is 160 g/mol. The third-order valence-electron chi connectivity index (χ3n) is 4.74. The van der Waals surface area contributed by atoms with E-state index in [-0.39, 0.29) is 0 Å². The largest absolute Gasteiger partial charge is 0.377 e. The molecule has 3 aliphatic rings. The predicted molar refractivity (Wildman–Crippen MR) is 50.8 cm³/mol. The van der Waals surface area contributed by atoms with Crippen LogP contribution in [0.3, 0.4) is 0 Å². The summed E-state index contributed by atoms with van der Waals surface area (Å²) < 4.78 is 0. The van der Waals surface area contributed by atoms with Crippen LogP contribution in [0.2, 0.25) is 0 Å². The van der Waals surface area contributed by atoms with Gasteiger partial charge in [0.25, 0.3) is 0 Å². The Morgan fingerprint density at radius 3 is 2.85 bits per heavy atom. The second kappa shape index (κ2) is 2.30. The lowest BCUT2D eigenvalue weighted by Gasteiger charge is -2.35. The molecule has 0 aliphatic heterocycles. The first kappa shape index (κ1) is 7.88. The maximum atomic E-state index is 10.2. The molecule has 2 bridgehead atoms. The molecule has 0 saturated heterocycles. The van der Waals surface area contributed by atoms with Crippen molar-refractivity contribution in [2.24, 2.45) is 23.7 Å². The average Bonchev–Trinajstić information content (AvgIpc) is 2.72. The van der Waals surface area contributed by atoms with Crippen LogP contribution in [0.25, 0.3) is 0 Å². The SMILES string of the molecule is C#CC1(O)CC2CC1C1CCCC21. The van der Waals surface area contributed by atoms with Crippen LogP contribution >= 0.6 is 0 Å². The van der Waals surface area contributed by atoms with E-state index in [1.54, 1.807) is 0 Å². The van der Waals surface area contributed by atoms with Gasteiger partial charge < -0.3 is 5.11 Å². The maximum absolute atomic E-state index is 10.2. The Hall–Kier alpha value is -0.480. The fraction of sp³-hybridized carbons (Fsp3) is 0.833. The molecule has 1 heteroatoms. The molecule has 5 atom stereocenters. The summed E-state index contributed by atoms with van der Waals surface area (Å²) in [5.74, 6) is 5.51. The fourth-order valence-electron chi connectivity index (χ4n) is 4.28. The lowest BCUT2D eigenvalue weighted by Crippen LogP contribution is -2.39. The van der Waals surface area contributed by atoms with Gasteiger partial charge in [-0.15, -0.1) is 6.42 Å². The average molecular weight is 176 g/mol. The first-order valence-corrected chi connectivity index (χ1v) is 5.45. The van der Waals surface area contributed by atoms with Gasteiger partial charge in [0.2, 0.25) is 0 Å². The normalized spacial score (nSPS) is 57.8. The standard InChI is InChI=1S/C12H16O/c1-2-12(13)7-8-6-11(12)10-5-3-4-9(8)10/h1,8-11,13H,3-7H2. The molecule has 0 aromatic rings. The number of hydrogen-bond acceptors (Lipinski definition) is 1. The first-order valence-electron chi connectivity index (χ1n) is 5.45. The Morgan fingerprint density at radius 2 is 2.08 bits per heavy atom. The zero-order valence-electron chi connectivity index (χ0n) is 7.87. The van der Waals surface area contributed by atoms with Crippen LogP contribution in [0.1, 0.15) is 32.1 Å². The zero-order chi connectivity index (χ0) is 9.05. The van der Waals surface area contributed by atoms with Crippen molar-refractivity contribution in [2.45, 2.75) is 37.7 Å². The van der Waals surface area contributed by atoms with Crippen molar-refractivity contribution in [3.05, 3.63) is 0 Å². The predicted octanol–water partition coefficient (Wildman–Crippen LogP) is 1.81. The van der Waals surface area contributed by atoms with Gasteiger partial charge in [-0.25, -0.2) is 0 Å². The van der Waals surface area contributed by atoms with E-state index in [1.807, 2.05) is 0 Å². The van der Waals surface area contributed by atoms with Crippen molar-refractivity contribution >= 4 is 0 Å². The fourth-order valence-corrected chi connectivity index (χ4v) is 4.28. The molecule has 13 heavy (non-hydrogen) atoms. The highest BCUT2D eigenvalue weighted by Gasteiger charge is 2.59. The minimum absolute atomic E-state index is 0.440. The number of hydrogen-bond donors (Lipinski definition) is 1. The van der Waals surface area contributed by atoms with Crippen LogP contribution in [0.4, 0.5) is 0 Å². The Morgan fingerprint density at radius 1 is 1.31 bits per heavy atom. The van der Waals surface area contributed by atoms with Crippen molar-refractivity contribution in [1.82, 2.24) is 0 Å². The first-order chi connectivity index (χ1) is 6.24. The Labute approximate surface area is 79.5 Å². The van der Waals surface area contributed by atoms with Gasteiger partial charge in [0, 0.05) is 5.92 Å². The topological polar surface area (TPSA) is 20.2 Å². The number of aliphatic hydroxyl groups is 1. The summed E-state index contributed by atoms with van der Waals surface area (Å²) in [6.07, 6.45) is 11.6. The van der Waals surface area contributed by atoms with Gasteiger partial charge >= 0.3 is 0 Å². The van der Waals surface area contributed by atoms with Crippen LogP contribution in [0, 0.1) is 36.0 Å². The molecule has 0 spiro atoms. The third-order valence-corrected chi connectivity index (χ3v) is 4.74. The second-order valence-electron chi connectivity index (χ2n) is 5.13. The lowest BCUT2D eigenvalue weighted by molar-refractivity contribution is 0.00426. The van der Waals surface area contributed by atoms with Gasteiger partial charge in [-0.2, -0.15) is 0 Å². The molecule has 3 fully saturated rings. The molecule has 0 amide bonds. The minimum Gasteiger partial charge on any atom is -0.377 e. The van der Waals surface area contributed by atoms with Crippen molar-refractivity contribution in [3.8, 4) is 12.3 Å². The van der Waals surface area contributed by atoms with Gasteiger partial charge in [-0.3, -0.25) is 0 Å². The van der Waals surface area contributed by atoms with Crippen LogP contribution in [-0.4, -0.2) is 10.7 Å². The summed E-state index contributed by atoms with van der Waals surface area (Å²) in [7, 11) is 0. The molecule has 0 aromatic carbocycles. The van der Waals surface area contributed by atoms with Gasteiger partial charge in [0.15, 0.2) is 0 Å². The summed E-state index contributed by atoms with van der Waals surface area (Å²) in [4.78, 5) is 0. The second-order valence-corrected chi connectivity index (χ2v) is 5.13. The van der Waals surface area contributed by atoms with Crippen molar-refractivity contribution < 1.29 is 5.11 Å². The highest BCUT2D eigenvalue weighted by atomic mass is 16.3. The van der Waals surface area contributed by atoms with Crippen LogP contribution < -0.4 is 0 Å². The summed E-state index contributed by atoms with van der Waals surface area (Å²) in [6, 6.07) is 0. The lowest BCUT2D eigenvalue weighted by atomic mass is 9.73. The highest BCUT2D eigenvalue weighted by Crippen LogP contribution is 2.62. The van der Waals surface area contributed by atoms with E-state index in [4.69, 9.17) is 6.42 Å². The zero-order valence-corrected chi connectivity index (χ0v) is 7.87. The van der Waals surface area contributed by atoms with E-state index in [0.717, 1.165) is 24.2 Å². The summed E-state index contributed by atoms with van der Waals surface area (Å²) in [5.41, 5.74) is -0.726. The third kappa shape index (κ3) is 0.828. The van der Waals surface area contributed by atoms with Gasteiger partial charge in [-0.1, -0.05) is 12.3 Å². The van der Waals surface area contributed by atoms with E-state index in [2.05, 4.69) is 5.92 Å². The van der Waals surface area contributed by atoms with Crippen molar-refractivity contribution in [3.63, 3.8) is 0 Å². The van der Waals surface area contributed by atoms with Crippen molar-refractivity contribution in [2.75, 3.05) is 0 Å². The number of fused-ring (bicyclic) bond motifs is 5. The quantitative estimate of drug-likeness (QED) is 0.558. The minimum atomic E-state index is -0.726. The molecule has 0 heterocycles. The summed E-state index contributed by atoms with van der Waals surface area (Å²) in [5, 5.41) is 10.2. The van der Waals surface area contributed by atoms with E-state index < -0.39 is 5.60 Å². The maximum Gasteiger partial charge on any atom is 0.128 e. The van der Waals surface area contributed by atoms with E-state index in [1.165, 1.54) is 25.7 Å². The Balaban J connectivity index is 1.94. The van der Waals surface area contributed by atoms with Crippen LogP contribution in [-0.2, 0) is 0 Å². The molecule has 1 N–H and O–H groups in total. The van der Waals surface area contributed by atoms with Gasteiger partial charge in [0.05, 0.1) is 0 Å². The molecule has 1 nitrogen and oxygen atoms in total. The van der Waals surface area contributed by atoms with Crippen LogP contribution in [0.5, 0.6) is 0 Å². The van der Waals surface area contributed by atoms with E-state index >= 15 is 0 Å². The summed E-state index contributed by atoms with van der Waals surface area (Å²) in [6.45, 7) is 0. The number of rotatable bonds is 0. The molecule has 3 saturated carbocycles.